The van der Waals surface area contributed by atoms with Gasteiger partial charge in [-0.2, -0.15) is 5.52 Å². The molecule has 0 aliphatic heterocycles. The zero-order valence-electron chi connectivity index (χ0n) is 29.0. The first-order valence-corrected chi connectivity index (χ1v) is 16.4. The molecule has 0 atom stereocenters. The van der Waals surface area contributed by atoms with Crippen molar-refractivity contribution >= 4 is 21.8 Å². The number of pyridine rings is 2. The summed E-state index contributed by atoms with van der Waals surface area (Å²) in [6.45, 7) is 17.9. The normalized spacial score (nSPS) is 12.0. The van der Waals surface area contributed by atoms with Crippen LogP contribution in [0, 0.1) is 19.9 Å². The van der Waals surface area contributed by atoms with Gasteiger partial charge in [-0.1, -0.05) is 113 Å². The molecule has 0 amide bonds. The van der Waals surface area contributed by atoms with Gasteiger partial charge in [0.2, 0.25) is 0 Å². The van der Waals surface area contributed by atoms with Crippen LogP contribution in [0.25, 0.3) is 66.6 Å². The first-order chi connectivity index (χ1) is 22.4. The SMILES string of the molecule is Cc1cccc(C)c1-c1ccc(-c2[c-]c(-c3cc(C(C)(C)C)cc4c3[n-]c3c(-c5ccccn5)cc(C(C)(C)C)cc34)ccc2)nc1.[Pt+2]. The predicted octanol–water partition coefficient (Wildman–Crippen LogP) is 11.4. The smallest absolute Gasteiger partial charge is 0.662 e. The fraction of sp³-hybridized carbons (Fsp3) is 0.227. The first-order valence-electron chi connectivity index (χ1n) is 16.4. The van der Waals surface area contributed by atoms with Gasteiger partial charge in [0, 0.05) is 18.1 Å². The van der Waals surface area contributed by atoms with Crippen molar-refractivity contribution in [2.75, 3.05) is 0 Å². The van der Waals surface area contributed by atoms with E-state index < -0.39 is 0 Å². The van der Waals surface area contributed by atoms with Crippen LogP contribution >= 0.6 is 0 Å². The fourth-order valence-electron chi connectivity index (χ4n) is 6.57. The van der Waals surface area contributed by atoms with Crippen LogP contribution in [0.15, 0.2) is 103 Å². The number of hydrogen-bond donors (Lipinski definition) is 0. The van der Waals surface area contributed by atoms with E-state index in [2.05, 4.69) is 140 Å². The summed E-state index contributed by atoms with van der Waals surface area (Å²) in [6, 6.07) is 36.2. The van der Waals surface area contributed by atoms with Crippen molar-refractivity contribution < 1.29 is 21.1 Å². The Morgan fingerprint density at radius 3 is 1.77 bits per heavy atom. The summed E-state index contributed by atoms with van der Waals surface area (Å²) < 4.78 is 0. The van der Waals surface area contributed by atoms with Crippen LogP contribution in [0.5, 0.6) is 0 Å². The number of fused-ring (bicyclic) bond motifs is 3. The topological polar surface area (TPSA) is 39.9 Å². The van der Waals surface area contributed by atoms with Crippen molar-refractivity contribution in [2.24, 2.45) is 0 Å². The molecule has 4 heteroatoms. The summed E-state index contributed by atoms with van der Waals surface area (Å²) in [5.74, 6) is 0. The van der Waals surface area contributed by atoms with Crippen LogP contribution in [0.2, 0.25) is 0 Å². The Kier molecular flexibility index (Phi) is 8.81. The largest absolute Gasteiger partial charge is 2.00 e. The van der Waals surface area contributed by atoms with Crippen molar-refractivity contribution in [1.82, 2.24) is 15.0 Å². The van der Waals surface area contributed by atoms with E-state index in [0.717, 1.165) is 50.2 Å². The van der Waals surface area contributed by atoms with Gasteiger partial charge < -0.3 is 4.98 Å². The van der Waals surface area contributed by atoms with Gasteiger partial charge in [-0.05, 0) is 86.5 Å². The van der Waals surface area contributed by atoms with Crippen LogP contribution in [0.1, 0.15) is 63.8 Å². The minimum Gasteiger partial charge on any atom is -0.662 e. The Morgan fingerprint density at radius 1 is 0.583 bits per heavy atom. The number of benzene rings is 4. The van der Waals surface area contributed by atoms with Crippen LogP contribution in [0.4, 0.5) is 0 Å². The molecule has 7 rings (SSSR count). The first kappa shape index (κ1) is 33.6. The zero-order valence-corrected chi connectivity index (χ0v) is 31.2. The number of aromatic nitrogens is 3. The molecule has 0 spiro atoms. The molecule has 0 saturated carbocycles. The molecular formula is C44H41N3Pt. The van der Waals surface area contributed by atoms with Gasteiger partial charge in [-0.3, -0.25) is 9.97 Å². The minimum atomic E-state index is -0.0549. The molecule has 0 saturated heterocycles. The molecule has 0 N–H and O–H groups in total. The Labute approximate surface area is 299 Å². The molecule has 242 valence electrons. The van der Waals surface area contributed by atoms with Crippen molar-refractivity contribution in [3.63, 3.8) is 0 Å². The van der Waals surface area contributed by atoms with Gasteiger partial charge in [0.15, 0.2) is 0 Å². The standard InChI is InChI=1S/C44H41N3.Pt/c1-27-13-11-14-28(2)40(27)31-18-19-38(46-26-31)30-16-12-15-29(21-30)34-22-32(43(3,4)5)23-35-36-24-33(44(6,7)8)25-37(42(36)47-41(34)35)39-17-9-10-20-45-39;/h9-20,22-26H,1-8H3;/q-2;+2. The van der Waals surface area contributed by atoms with Gasteiger partial charge in [0.1, 0.15) is 0 Å². The minimum absolute atomic E-state index is 0. The Morgan fingerprint density at radius 2 is 1.19 bits per heavy atom. The molecule has 0 aliphatic rings. The second-order valence-electron chi connectivity index (χ2n) is 14.8. The van der Waals surface area contributed by atoms with Gasteiger partial charge in [0.25, 0.3) is 0 Å². The van der Waals surface area contributed by atoms with Crippen molar-refractivity contribution in [3.05, 3.63) is 132 Å². The van der Waals surface area contributed by atoms with Crippen molar-refractivity contribution in [2.45, 2.75) is 66.2 Å². The van der Waals surface area contributed by atoms with Crippen molar-refractivity contribution in [3.8, 4) is 44.8 Å². The number of rotatable bonds is 4. The molecule has 0 bridgehead atoms. The van der Waals surface area contributed by atoms with Crippen LogP contribution in [0.3, 0.4) is 0 Å². The maximum Gasteiger partial charge on any atom is 2.00 e. The van der Waals surface area contributed by atoms with E-state index in [1.165, 1.54) is 38.6 Å². The van der Waals surface area contributed by atoms with Crippen LogP contribution in [-0.2, 0) is 31.9 Å². The average molecular weight is 807 g/mol. The third-order valence-corrected chi connectivity index (χ3v) is 9.30. The van der Waals surface area contributed by atoms with E-state index in [0.29, 0.717) is 0 Å². The summed E-state index contributed by atoms with van der Waals surface area (Å²) in [5, 5.41) is 2.33. The van der Waals surface area contributed by atoms with E-state index in [4.69, 9.17) is 15.0 Å². The van der Waals surface area contributed by atoms with E-state index in [1.807, 2.05) is 24.5 Å². The molecule has 4 aromatic carbocycles. The number of aryl methyl sites for hydroxylation is 2. The van der Waals surface area contributed by atoms with E-state index >= 15 is 0 Å². The molecule has 0 radical (unpaired) electrons. The second kappa shape index (κ2) is 12.6. The summed E-state index contributed by atoms with van der Waals surface area (Å²) in [6.07, 6.45) is 3.85. The molecule has 3 nitrogen and oxygen atoms in total. The second-order valence-corrected chi connectivity index (χ2v) is 14.8. The predicted molar refractivity (Wildman–Crippen MR) is 198 cm³/mol. The van der Waals surface area contributed by atoms with Crippen molar-refractivity contribution in [1.29, 1.82) is 0 Å². The Hall–Kier alpha value is -4.33. The molecule has 0 aliphatic carbocycles. The third kappa shape index (κ3) is 6.17. The third-order valence-electron chi connectivity index (χ3n) is 9.30. The van der Waals surface area contributed by atoms with Gasteiger partial charge >= 0.3 is 21.1 Å². The Balaban J connectivity index is 0.00000401. The molecule has 3 aromatic heterocycles. The Bertz CT molecular complexity index is 2240. The van der Waals surface area contributed by atoms with E-state index in [1.54, 1.807) is 0 Å². The quantitative estimate of drug-likeness (QED) is 0.166. The molecule has 48 heavy (non-hydrogen) atoms. The maximum absolute atomic E-state index is 5.40. The van der Waals surface area contributed by atoms with Crippen LogP contribution < -0.4 is 4.98 Å². The molecule has 0 fully saturated rings. The van der Waals surface area contributed by atoms with E-state index in [9.17, 15) is 0 Å². The fourth-order valence-corrected chi connectivity index (χ4v) is 6.57. The number of nitrogens with zero attached hydrogens (tertiary/aromatic N) is 3. The zero-order chi connectivity index (χ0) is 33.1. The summed E-state index contributed by atoms with van der Waals surface area (Å²) in [7, 11) is 0. The summed E-state index contributed by atoms with van der Waals surface area (Å²) in [4.78, 5) is 15.1. The number of hydrogen-bond acceptors (Lipinski definition) is 2. The van der Waals surface area contributed by atoms with Gasteiger partial charge in [0.05, 0.1) is 5.69 Å². The summed E-state index contributed by atoms with van der Waals surface area (Å²) >= 11 is 0. The summed E-state index contributed by atoms with van der Waals surface area (Å²) in [5.41, 5.74) is 15.3. The average Bonchev–Trinajstić information content (AvgIpc) is 3.43. The van der Waals surface area contributed by atoms with E-state index in [-0.39, 0.29) is 31.9 Å². The molecular weight excluding hydrogens is 766 g/mol. The van der Waals surface area contributed by atoms with Gasteiger partial charge in [-0.25, -0.2) is 0 Å². The molecule has 3 heterocycles. The molecule has 7 aromatic rings. The maximum atomic E-state index is 5.40. The van der Waals surface area contributed by atoms with Crippen LogP contribution in [-0.4, -0.2) is 9.97 Å². The monoisotopic (exact) mass is 806 g/mol. The molecule has 0 unspecified atom stereocenters. The van der Waals surface area contributed by atoms with Gasteiger partial charge in [-0.15, -0.1) is 35.3 Å².